The largest absolute Gasteiger partial charge is 0.310 e. The monoisotopic (exact) mass is 445 g/mol. The topological polar surface area (TPSA) is 116 Å². The summed E-state index contributed by atoms with van der Waals surface area (Å²) in [6.45, 7) is 3.98. The third-order valence-electron chi connectivity index (χ3n) is 4.87. The Kier molecular flexibility index (Phi) is 6.25. The second-order valence-electron chi connectivity index (χ2n) is 7.56. The van der Waals surface area contributed by atoms with Crippen molar-refractivity contribution in [1.29, 1.82) is 0 Å². The molecule has 0 aliphatic rings. The molecule has 9 nitrogen and oxygen atoms in total. The molecule has 0 radical (unpaired) electrons. The van der Waals surface area contributed by atoms with E-state index in [1.165, 1.54) is 30.9 Å². The van der Waals surface area contributed by atoms with Crippen LogP contribution in [-0.2, 0) is 6.42 Å². The van der Waals surface area contributed by atoms with Crippen LogP contribution in [0.4, 0.5) is 10.2 Å². The van der Waals surface area contributed by atoms with Gasteiger partial charge in [0.2, 0.25) is 0 Å². The molecule has 1 N–H and O–H groups in total. The van der Waals surface area contributed by atoms with Crippen LogP contribution in [0.3, 0.4) is 0 Å². The van der Waals surface area contributed by atoms with Gasteiger partial charge in [-0.05, 0) is 43.7 Å². The first-order valence-electron chi connectivity index (χ1n) is 10.2. The Morgan fingerprint density at radius 3 is 2.67 bits per heavy atom. The van der Waals surface area contributed by atoms with Crippen molar-refractivity contribution in [3.8, 4) is 11.5 Å². The lowest BCUT2D eigenvalue weighted by Crippen LogP contribution is -2.16. The number of carbonyl (C=O) groups excluding carboxylic acids is 2. The van der Waals surface area contributed by atoms with E-state index in [0.717, 1.165) is 6.07 Å². The van der Waals surface area contributed by atoms with E-state index in [-0.39, 0.29) is 29.6 Å². The van der Waals surface area contributed by atoms with E-state index in [1.807, 2.05) is 18.4 Å². The van der Waals surface area contributed by atoms with Crippen molar-refractivity contribution in [2.75, 3.05) is 5.32 Å². The van der Waals surface area contributed by atoms with Crippen LogP contribution in [0.5, 0.6) is 0 Å². The number of hydrogen-bond acceptors (Lipinski definition) is 7. The highest BCUT2D eigenvalue weighted by molar-refractivity contribution is 6.04. The summed E-state index contributed by atoms with van der Waals surface area (Å²) in [6.07, 6.45) is 5.73. The van der Waals surface area contributed by atoms with Crippen LogP contribution in [-0.4, -0.2) is 41.4 Å². The first-order chi connectivity index (χ1) is 15.9. The summed E-state index contributed by atoms with van der Waals surface area (Å²) in [7, 11) is 0. The Morgan fingerprint density at radius 1 is 1.12 bits per heavy atom. The second kappa shape index (κ2) is 9.43. The summed E-state index contributed by atoms with van der Waals surface area (Å²) < 4.78 is 16.3. The van der Waals surface area contributed by atoms with Gasteiger partial charge in [0, 0.05) is 24.9 Å². The Morgan fingerprint density at radius 2 is 1.91 bits per heavy atom. The molecule has 0 bridgehead atoms. The van der Waals surface area contributed by atoms with E-state index >= 15 is 0 Å². The van der Waals surface area contributed by atoms with E-state index < -0.39 is 11.7 Å². The molecule has 0 saturated carbocycles. The van der Waals surface area contributed by atoms with Crippen LogP contribution in [0.15, 0.2) is 61.4 Å². The Hall–Kier alpha value is -4.34. The standard InChI is InChI=1S/C23H20FN7O2/c1-14(2)31-13-27-30-22(31)19-4-3-5-21(28-19)29-23(33)17-8-15(6-7-18(17)24)9-20(32)16-10-25-12-26-11-16/h3-8,10-14H,9H2,1-2H3,(H,28,29,33). The minimum absolute atomic E-state index is 0.0213. The molecule has 0 aliphatic heterocycles. The average molecular weight is 445 g/mol. The maximum atomic E-state index is 14.4. The summed E-state index contributed by atoms with van der Waals surface area (Å²) >= 11 is 0. The third kappa shape index (κ3) is 4.95. The number of anilines is 1. The molecule has 1 amide bonds. The van der Waals surface area contributed by atoms with Crippen LogP contribution >= 0.6 is 0 Å². The first-order valence-corrected chi connectivity index (χ1v) is 10.2. The molecule has 0 unspecified atom stereocenters. The molecule has 0 aliphatic carbocycles. The van der Waals surface area contributed by atoms with Crippen LogP contribution in [0.2, 0.25) is 0 Å². The number of aromatic nitrogens is 6. The fourth-order valence-corrected chi connectivity index (χ4v) is 3.20. The number of nitrogens with zero attached hydrogens (tertiary/aromatic N) is 6. The number of carbonyl (C=O) groups is 2. The van der Waals surface area contributed by atoms with Gasteiger partial charge >= 0.3 is 0 Å². The molecule has 0 atom stereocenters. The van der Waals surface area contributed by atoms with Crippen molar-refractivity contribution in [2.45, 2.75) is 26.3 Å². The Bertz CT molecular complexity index is 1310. The minimum atomic E-state index is -0.706. The summed E-state index contributed by atoms with van der Waals surface area (Å²) in [5.74, 6) is -0.838. The maximum absolute atomic E-state index is 14.4. The quantitative estimate of drug-likeness (QED) is 0.433. The molecule has 4 aromatic rings. The van der Waals surface area contributed by atoms with Crippen molar-refractivity contribution < 1.29 is 14.0 Å². The van der Waals surface area contributed by atoms with E-state index in [9.17, 15) is 14.0 Å². The highest BCUT2D eigenvalue weighted by Gasteiger charge is 2.17. The predicted molar refractivity (Wildman–Crippen MR) is 118 cm³/mol. The molecule has 1 aromatic carbocycles. The molecule has 3 heterocycles. The molecular formula is C23H20FN7O2. The molecule has 0 saturated heterocycles. The Balaban J connectivity index is 1.54. The first kappa shape index (κ1) is 21.9. The second-order valence-corrected chi connectivity index (χ2v) is 7.56. The zero-order valence-corrected chi connectivity index (χ0v) is 17.9. The zero-order valence-electron chi connectivity index (χ0n) is 17.9. The van der Waals surface area contributed by atoms with Gasteiger partial charge < -0.3 is 9.88 Å². The lowest BCUT2D eigenvalue weighted by molar-refractivity contribution is 0.0987. The SMILES string of the molecule is CC(C)n1cnnc1-c1cccc(NC(=O)c2cc(CC(=O)c3cncnc3)ccc2F)n1. The molecular weight excluding hydrogens is 425 g/mol. The normalized spacial score (nSPS) is 10.9. The summed E-state index contributed by atoms with van der Waals surface area (Å²) in [5, 5.41) is 10.6. The summed E-state index contributed by atoms with van der Waals surface area (Å²) in [5.41, 5.74) is 1.15. The Labute approximate surface area is 188 Å². The van der Waals surface area contributed by atoms with Crippen molar-refractivity contribution in [2.24, 2.45) is 0 Å². The molecule has 0 fully saturated rings. The highest BCUT2D eigenvalue weighted by atomic mass is 19.1. The van der Waals surface area contributed by atoms with Gasteiger partial charge in [0.15, 0.2) is 11.6 Å². The van der Waals surface area contributed by atoms with Gasteiger partial charge in [-0.25, -0.2) is 19.3 Å². The summed E-state index contributed by atoms with van der Waals surface area (Å²) in [4.78, 5) is 37.2. The zero-order chi connectivity index (χ0) is 23.4. The minimum Gasteiger partial charge on any atom is -0.310 e. The lowest BCUT2D eigenvalue weighted by atomic mass is 10.0. The van der Waals surface area contributed by atoms with Gasteiger partial charge in [-0.15, -0.1) is 10.2 Å². The van der Waals surface area contributed by atoms with Crippen molar-refractivity contribution in [1.82, 2.24) is 29.7 Å². The van der Waals surface area contributed by atoms with Gasteiger partial charge in [0.1, 0.15) is 30.0 Å². The molecule has 10 heteroatoms. The smallest absolute Gasteiger partial charge is 0.259 e. The molecule has 0 spiro atoms. The molecule has 33 heavy (non-hydrogen) atoms. The maximum Gasteiger partial charge on any atom is 0.259 e. The van der Waals surface area contributed by atoms with Gasteiger partial charge in [-0.2, -0.15) is 0 Å². The van der Waals surface area contributed by atoms with E-state index in [1.54, 1.807) is 24.5 Å². The van der Waals surface area contributed by atoms with E-state index in [2.05, 4.69) is 30.5 Å². The van der Waals surface area contributed by atoms with Gasteiger partial charge in [0.25, 0.3) is 5.91 Å². The van der Waals surface area contributed by atoms with Crippen molar-refractivity contribution in [3.05, 3.63) is 84.0 Å². The molecule has 166 valence electrons. The van der Waals surface area contributed by atoms with E-state index in [0.29, 0.717) is 22.6 Å². The number of amides is 1. The fraction of sp³-hybridized carbons (Fsp3) is 0.174. The van der Waals surface area contributed by atoms with Crippen molar-refractivity contribution in [3.63, 3.8) is 0 Å². The number of Topliss-reactive ketones (excluding diaryl/α,β-unsaturated/α-hetero) is 1. The number of halogens is 1. The van der Waals surface area contributed by atoms with Crippen molar-refractivity contribution >= 4 is 17.5 Å². The number of nitrogens with one attached hydrogen (secondary N) is 1. The number of pyridine rings is 1. The van der Waals surface area contributed by atoms with Crippen LogP contribution < -0.4 is 5.32 Å². The van der Waals surface area contributed by atoms with E-state index in [4.69, 9.17) is 0 Å². The number of benzene rings is 1. The third-order valence-corrected chi connectivity index (χ3v) is 4.87. The summed E-state index contributed by atoms with van der Waals surface area (Å²) in [6, 6.07) is 9.16. The van der Waals surface area contributed by atoms with Gasteiger partial charge in [0.05, 0.1) is 11.1 Å². The van der Waals surface area contributed by atoms with Gasteiger partial charge in [-0.1, -0.05) is 12.1 Å². The van der Waals surface area contributed by atoms with Crippen LogP contribution in [0.1, 0.15) is 46.2 Å². The lowest BCUT2D eigenvalue weighted by Gasteiger charge is -2.11. The van der Waals surface area contributed by atoms with Gasteiger partial charge in [-0.3, -0.25) is 9.59 Å². The number of ketones is 1. The highest BCUT2D eigenvalue weighted by Crippen LogP contribution is 2.21. The molecule has 4 rings (SSSR count). The fourth-order valence-electron chi connectivity index (χ4n) is 3.20. The van der Waals surface area contributed by atoms with Crippen LogP contribution in [0.25, 0.3) is 11.5 Å². The number of rotatable bonds is 7. The molecule has 3 aromatic heterocycles. The van der Waals surface area contributed by atoms with Crippen LogP contribution in [0, 0.1) is 5.82 Å². The average Bonchev–Trinajstić information content (AvgIpc) is 3.31. The number of hydrogen-bond donors (Lipinski definition) is 1. The predicted octanol–water partition coefficient (Wildman–Crippen LogP) is 3.53.